The van der Waals surface area contributed by atoms with Crippen molar-refractivity contribution in [3.63, 3.8) is 0 Å². The predicted octanol–water partition coefficient (Wildman–Crippen LogP) is 16.0. The molecule has 0 spiro atoms. The van der Waals surface area contributed by atoms with Crippen LogP contribution in [0.15, 0.2) is 48.5 Å². The topological polar surface area (TPSA) is 117 Å². The highest BCUT2D eigenvalue weighted by Gasteiger charge is 2.46. The molecule has 0 radical (unpaired) electrons. The smallest absolute Gasteiger partial charge is 0.381 e. The van der Waals surface area contributed by atoms with Crippen LogP contribution in [0.3, 0.4) is 0 Å². The van der Waals surface area contributed by atoms with Crippen LogP contribution < -0.4 is 0 Å². The molecule has 105 heavy (non-hydrogen) atoms. The number of fused-ring (bicyclic) bond motifs is 4. The number of halogens is 14. The molecular weight excluding hydrogens is 1400 g/mol. The van der Waals surface area contributed by atoms with Crippen molar-refractivity contribution in [3.05, 3.63) is 149 Å². The third-order valence-corrected chi connectivity index (χ3v) is 20.9. The molecule has 1 atom stereocenters. The summed E-state index contributed by atoms with van der Waals surface area (Å²) in [4.78, 5) is 67.7. The summed E-state index contributed by atoms with van der Waals surface area (Å²) in [5.41, 5.74) is 0.0531. The van der Waals surface area contributed by atoms with E-state index in [1.165, 1.54) is 43.9 Å². The number of carbonyl (C=O) groups is 4. The first-order valence-electron chi connectivity index (χ1n) is 36.0. The number of rotatable bonds is 15. The second-order valence-electron chi connectivity index (χ2n) is 29.7. The van der Waals surface area contributed by atoms with E-state index in [0.29, 0.717) is 68.1 Å². The fourth-order valence-corrected chi connectivity index (χ4v) is 15.1. The van der Waals surface area contributed by atoms with Crippen molar-refractivity contribution in [2.75, 3.05) is 66.1 Å². The SMILES string of the molecule is CC(C)N1Cc2c(cc(CN3CCC(F)(F)CC3)cc2C(F)(F)F)C1=O.CCOC1CCCN(Cc2cc3c(c(C(F)(F)F)c2)CN(C(C)C)C3=O)C1.COC1CCN(Cc2cc3c(c(C(F)(F)F)c2)CN(C(C)C)C3=O)CC1.[C-]#[N+]C1CCN(Cc2cc3c(c(C(F)(F)F)c2)CN(C(C)C)C3=O)CC1. The highest BCUT2D eigenvalue weighted by molar-refractivity contribution is 6.01. The molecule has 15 nitrogen and oxygen atoms in total. The lowest BCUT2D eigenvalue weighted by molar-refractivity contribution is -0.139. The van der Waals surface area contributed by atoms with E-state index in [0.717, 1.165) is 64.2 Å². The van der Waals surface area contributed by atoms with E-state index in [4.69, 9.17) is 16.0 Å². The zero-order valence-electron chi connectivity index (χ0n) is 61.1. The average molecular weight is 1500 g/mol. The summed E-state index contributed by atoms with van der Waals surface area (Å²) in [6.07, 6.45) is -13.1. The van der Waals surface area contributed by atoms with Gasteiger partial charge in [0.15, 0.2) is 0 Å². The largest absolute Gasteiger partial charge is 0.416 e. The zero-order chi connectivity index (χ0) is 77.2. The molecule has 4 saturated heterocycles. The number of methoxy groups -OCH3 is 1. The molecule has 4 aromatic rings. The van der Waals surface area contributed by atoms with Gasteiger partial charge in [-0.1, -0.05) is 0 Å². The molecule has 0 aliphatic carbocycles. The number of piperidine rings is 4. The number of benzene rings is 4. The van der Waals surface area contributed by atoms with Gasteiger partial charge in [-0.3, -0.25) is 38.8 Å². The summed E-state index contributed by atoms with van der Waals surface area (Å²) >= 11 is 0. The zero-order valence-corrected chi connectivity index (χ0v) is 61.1. The normalized spacial score (nSPS) is 20.2. The monoisotopic (exact) mass is 1500 g/mol. The Morgan fingerprint density at radius 1 is 0.438 bits per heavy atom. The molecule has 29 heteroatoms. The Kier molecular flexibility index (Phi) is 26.0. The quantitative estimate of drug-likeness (QED) is 0.0841. The second kappa shape index (κ2) is 33.3. The average Bonchev–Trinajstić information content (AvgIpc) is 1.63. The number of amides is 4. The number of alkyl halides is 14. The number of likely N-dealkylation sites (tertiary alicyclic amines) is 4. The Hall–Kier alpha value is -6.97. The van der Waals surface area contributed by atoms with Gasteiger partial charge in [-0.15, -0.1) is 0 Å². The first kappa shape index (κ1) is 82.1. The third kappa shape index (κ3) is 19.9. The summed E-state index contributed by atoms with van der Waals surface area (Å²) in [6, 6.07) is 10.5. The van der Waals surface area contributed by atoms with Gasteiger partial charge in [-0.25, -0.2) is 15.4 Å². The van der Waals surface area contributed by atoms with Crippen LogP contribution in [-0.4, -0.2) is 177 Å². The van der Waals surface area contributed by atoms with Gasteiger partial charge in [0, 0.05) is 184 Å². The number of nitrogens with zero attached hydrogens (tertiary/aromatic N) is 9. The molecule has 0 N–H and O–H groups in total. The molecule has 8 heterocycles. The maximum atomic E-state index is 13.7. The van der Waals surface area contributed by atoms with Gasteiger partial charge in [0.2, 0.25) is 6.04 Å². The van der Waals surface area contributed by atoms with Crippen LogP contribution in [0.4, 0.5) is 61.5 Å². The van der Waals surface area contributed by atoms with E-state index >= 15 is 0 Å². The first-order valence-corrected chi connectivity index (χ1v) is 36.0. The van der Waals surface area contributed by atoms with Crippen LogP contribution in [0.5, 0.6) is 0 Å². The maximum absolute atomic E-state index is 13.7. The van der Waals surface area contributed by atoms with Crippen LogP contribution in [0.2, 0.25) is 0 Å². The number of carbonyl (C=O) groups excluding carboxylic acids is 4. The molecule has 0 aromatic heterocycles. The van der Waals surface area contributed by atoms with Crippen LogP contribution in [0.1, 0.15) is 222 Å². The van der Waals surface area contributed by atoms with E-state index in [-0.39, 0.29) is 163 Å². The highest BCUT2D eigenvalue weighted by atomic mass is 19.4. The number of ether oxygens (including phenoxy) is 2. The van der Waals surface area contributed by atoms with Crippen molar-refractivity contribution in [2.24, 2.45) is 0 Å². The minimum atomic E-state index is -4.57. The lowest BCUT2D eigenvalue weighted by Crippen LogP contribution is -2.39. The van der Waals surface area contributed by atoms with Gasteiger partial charge < -0.3 is 33.9 Å². The Morgan fingerprint density at radius 3 is 1.01 bits per heavy atom. The number of hydrogen-bond donors (Lipinski definition) is 0. The van der Waals surface area contributed by atoms with Crippen molar-refractivity contribution in [3.8, 4) is 0 Å². The summed E-state index contributed by atoms with van der Waals surface area (Å²) in [5.74, 6) is -4.06. The van der Waals surface area contributed by atoms with Gasteiger partial charge in [0.05, 0.1) is 34.5 Å². The fraction of sp³-hybridized carbons (Fsp3) is 0.618. The van der Waals surface area contributed by atoms with Crippen molar-refractivity contribution in [2.45, 2.75) is 239 Å². The van der Waals surface area contributed by atoms with E-state index in [2.05, 4.69) is 19.5 Å². The molecular formula is C76H95F14N9O6. The summed E-state index contributed by atoms with van der Waals surface area (Å²) in [5, 5.41) is 0. The molecule has 578 valence electrons. The number of hydrogen-bond acceptors (Lipinski definition) is 10. The second-order valence-corrected chi connectivity index (χ2v) is 29.7. The third-order valence-electron chi connectivity index (χ3n) is 20.9. The molecule has 0 bridgehead atoms. The first-order chi connectivity index (χ1) is 49.1. The van der Waals surface area contributed by atoms with Crippen molar-refractivity contribution in [1.82, 2.24) is 39.2 Å². The Labute approximate surface area is 604 Å². The molecule has 12 rings (SSSR count). The van der Waals surface area contributed by atoms with E-state index in [1.54, 1.807) is 57.9 Å². The Morgan fingerprint density at radius 2 is 0.733 bits per heavy atom. The van der Waals surface area contributed by atoms with Crippen molar-refractivity contribution < 1.29 is 90.1 Å². The van der Waals surface area contributed by atoms with Gasteiger partial charge in [0.1, 0.15) is 0 Å². The maximum Gasteiger partial charge on any atom is 0.416 e. The molecule has 4 fully saturated rings. The molecule has 4 amide bonds. The highest BCUT2D eigenvalue weighted by Crippen LogP contribution is 2.44. The minimum absolute atomic E-state index is 0.00475. The molecule has 8 aliphatic heterocycles. The van der Waals surface area contributed by atoms with Crippen LogP contribution in [-0.2, 0) is 86.5 Å². The summed E-state index contributed by atoms with van der Waals surface area (Å²) < 4.78 is 201. The molecule has 1 unspecified atom stereocenters. The standard InChI is InChI=1S/C20H27F3N2O2.C19H22F3N3O.C19H25F3N2O2.C18H21F5N2O/c1-4-27-15-6-5-7-24(11-15)10-14-8-16-17(18(9-14)20(21,22)23)12-25(13(2)3)19(16)26;1-12(2)25-11-16-15(18(25)26)8-13(9-17(16)19(20,21)22)10-24-6-4-14(23-3)5-7-24;1-12(2)24-11-16-15(18(24)25)8-13(9-17(16)19(20,21)22)10-23-6-4-14(26-3)5-7-23;1-11(2)25-10-14-13(16(25)26)7-12(8-15(14)18(21,22)23)9-24-5-3-17(19,20)4-6-24/h8-9,13,15H,4-7,10-12H2,1-3H3;8-9,12,14H,4-7,10-11H2,1-2H3;8-9,12,14H,4-7,10-11H2,1-3H3;7-8,11H,3-6,9-10H2,1-2H3. The lowest BCUT2D eigenvalue weighted by atomic mass is 9.98. The molecule has 8 aliphatic rings. The summed E-state index contributed by atoms with van der Waals surface area (Å²) in [7, 11) is 1.68. The van der Waals surface area contributed by atoms with E-state index in [1.807, 2.05) is 34.6 Å². The van der Waals surface area contributed by atoms with Crippen LogP contribution in [0.25, 0.3) is 4.85 Å². The van der Waals surface area contributed by atoms with E-state index < -0.39 is 58.8 Å². The van der Waals surface area contributed by atoms with Gasteiger partial charge in [0.25, 0.3) is 29.6 Å². The lowest BCUT2D eigenvalue weighted by Gasteiger charge is -2.32. The summed E-state index contributed by atoms with van der Waals surface area (Å²) in [6.45, 7) is 30.1. The van der Waals surface area contributed by atoms with Crippen LogP contribution >= 0.6 is 0 Å². The Balaban J connectivity index is 0.000000162. The Bertz CT molecular complexity index is 3800. The van der Waals surface area contributed by atoms with Crippen molar-refractivity contribution >= 4 is 23.6 Å². The van der Waals surface area contributed by atoms with Gasteiger partial charge >= 0.3 is 24.7 Å². The van der Waals surface area contributed by atoms with E-state index in [9.17, 15) is 80.6 Å². The van der Waals surface area contributed by atoms with Crippen LogP contribution in [0, 0.1) is 6.57 Å². The van der Waals surface area contributed by atoms with Crippen molar-refractivity contribution in [1.29, 1.82) is 0 Å². The molecule has 4 aromatic carbocycles. The van der Waals surface area contributed by atoms with Gasteiger partial charge in [-0.05, 0) is 188 Å². The predicted molar refractivity (Wildman–Crippen MR) is 365 cm³/mol. The fourth-order valence-electron chi connectivity index (χ4n) is 15.1. The minimum Gasteiger partial charge on any atom is -0.381 e. The van der Waals surface area contributed by atoms with Gasteiger partial charge in [-0.2, -0.15) is 52.7 Å². The molecule has 0 saturated carbocycles.